The van der Waals surface area contributed by atoms with Gasteiger partial charge in [0, 0.05) is 37.2 Å². The lowest BCUT2D eigenvalue weighted by Crippen LogP contribution is -2.40. The molecule has 1 aromatic carbocycles. The first-order chi connectivity index (χ1) is 9.61. The Morgan fingerprint density at radius 1 is 1.30 bits per heavy atom. The number of nitrogens with one attached hydrogen (secondary N) is 1. The number of aliphatic hydroxyl groups excluding tert-OH is 1. The molecular weight excluding hydrogens is 256 g/mol. The zero-order valence-electron chi connectivity index (χ0n) is 11.6. The van der Waals surface area contributed by atoms with E-state index in [-0.39, 0.29) is 24.3 Å². The maximum atomic E-state index is 12.2. The minimum atomic E-state index is -0.0980. The van der Waals surface area contributed by atoms with E-state index < -0.39 is 0 Å². The van der Waals surface area contributed by atoms with Gasteiger partial charge in [-0.05, 0) is 18.9 Å². The van der Waals surface area contributed by atoms with Gasteiger partial charge in [0.1, 0.15) is 0 Å². The quantitative estimate of drug-likeness (QED) is 0.876. The van der Waals surface area contributed by atoms with Crippen molar-refractivity contribution >= 4 is 17.5 Å². The first-order valence-corrected chi connectivity index (χ1v) is 6.87. The topological polar surface area (TPSA) is 69.6 Å². The number of amides is 2. The summed E-state index contributed by atoms with van der Waals surface area (Å²) in [5.41, 5.74) is 1.37. The third-order valence-corrected chi connectivity index (χ3v) is 3.76. The Balaban J connectivity index is 1.94. The number of para-hydroxylation sites is 1. The molecule has 0 bridgehead atoms. The average Bonchev–Trinajstić information content (AvgIpc) is 2.48. The zero-order valence-corrected chi connectivity index (χ0v) is 11.6. The molecule has 2 rings (SSSR count). The summed E-state index contributed by atoms with van der Waals surface area (Å²) in [6.45, 7) is 2.72. The van der Waals surface area contributed by atoms with Crippen molar-refractivity contribution in [3.05, 3.63) is 29.8 Å². The summed E-state index contributed by atoms with van der Waals surface area (Å²) in [6, 6.07) is 7.22. The maximum Gasteiger partial charge on any atom is 0.227 e. The Morgan fingerprint density at radius 2 is 1.95 bits per heavy atom. The van der Waals surface area contributed by atoms with Gasteiger partial charge in [0.05, 0.1) is 6.61 Å². The molecule has 0 aromatic heterocycles. The van der Waals surface area contributed by atoms with Crippen molar-refractivity contribution in [1.82, 2.24) is 4.90 Å². The normalized spacial score (nSPS) is 16.0. The molecule has 0 unspecified atom stereocenters. The monoisotopic (exact) mass is 276 g/mol. The van der Waals surface area contributed by atoms with Gasteiger partial charge in [-0.15, -0.1) is 0 Å². The number of benzene rings is 1. The second-order valence-corrected chi connectivity index (χ2v) is 5.08. The van der Waals surface area contributed by atoms with Crippen LogP contribution >= 0.6 is 0 Å². The van der Waals surface area contributed by atoms with Crippen LogP contribution in [-0.4, -0.2) is 34.9 Å². The van der Waals surface area contributed by atoms with Gasteiger partial charge < -0.3 is 15.3 Å². The number of piperidine rings is 1. The molecule has 0 aliphatic carbocycles. The van der Waals surface area contributed by atoms with Crippen LogP contribution in [0, 0.1) is 5.92 Å². The molecular formula is C15H20N2O3. The van der Waals surface area contributed by atoms with Crippen molar-refractivity contribution in [2.75, 3.05) is 18.4 Å². The number of aliphatic hydroxyl groups is 1. The Kier molecular flexibility index (Phi) is 4.74. The van der Waals surface area contributed by atoms with E-state index in [1.807, 2.05) is 12.1 Å². The van der Waals surface area contributed by atoms with Gasteiger partial charge in [0.15, 0.2) is 0 Å². The number of carbonyl (C=O) groups is 2. The Labute approximate surface area is 118 Å². The standard InChI is InChI=1S/C15H20N2O3/c1-11(19)17-8-6-12(7-9-17)15(20)16-14-5-3-2-4-13(14)10-18/h2-5,12,18H,6-10H2,1H3,(H,16,20). The van der Waals surface area contributed by atoms with Gasteiger partial charge in [-0.3, -0.25) is 9.59 Å². The number of nitrogens with zero attached hydrogens (tertiary/aromatic N) is 1. The molecule has 0 saturated carbocycles. The highest BCUT2D eigenvalue weighted by atomic mass is 16.3. The van der Waals surface area contributed by atoms with E-state index >= 15 is 0 Å². The fraction of sp³-hybridized carbons (Fsp3) is 0.467. The molecule has 1 saturated heterocycles. The van der Waals surface area contributed by atoms with Crippen LogP contribution in [0.2, 0.25) is 0 Å². The Morgan fingerprint density at radius 3 is 2.55 bits per heavy atom. The summed E-state index contributed by atoms with van der Waals surface area (Å²) >= 11 is 0. The number of anilines is 1. The molecule has 0 atom stereocenters. The highest BCUT2D eigenvalue weighted by Crippen LogP contribution is 2.21. The molecule has 108 valence electrons. The van der Waals surface area contributed by atoms with Crippen molar-refractivity contribution in [2.45, 2.75) is 26.4 Å². The van der Waals surface area contributed by atoms with Crippen LogP contribution in [0.4, 0.5) is 5.69 Å². The van der Waals surface area contributed by atoms with Crippen molar-refractivity contribution in [2.24, 2.45) is 5.92 Å². The first-order valence-electron chi connectivity index (χ1n) is 6.87. The molecule has 1 fully saturated rings. The molecule has 1 aromatic rings. The summed E-state index contributed by atoms with van der Waals surface area (Å²) in [7, 11) is 0. The fourth-order valence-corrected chi connectivity index (χ4v) is 2.47. The van der Waals surface area contributed by atoms with E-state index in [0.29, 0.717) is 37.2 Å². The van der Waals surface area contributed by atoms with E-state index in [2.05, 4.69) is 5.32 Å². The lowest BCUT2D eigenvalue weighted by atomic mass is 9.95. The van der Waals surface area contributed by atoms with Crippen LogP contribution in [0.15, 0.2) is 24.3 Å². The maximum absolute atomic E-state index is 12.2. The smallest absolute Gasteiger partial charge is 0.227 e. The van der Waals surface area contributed by atoms with E-state index in [1.165, 1.54) is 0 Å². The molecule has 1 aliphatic heterocycles. The molecule has 20 heavy (non-hydrogen) atoms. The third kappa shape index (κ3) is 3.36. The SMILES string of the molecule is CC(=O)N1CCC(C(=O)Nc2ccccc2CO)CC1. The second kappa shape index (κ2) is 6.52. The molecule has 5 nitrogen and oxygen atoms in total. The van der Waals surface area contributed by atoms with Crippen LogP contribution in [-0.2, 0) is 16.2 Å². The van der Waals surface area contributed by atoms with Gasteiger partial charge in [-0.25, -0.2) is 0 Å². The zero-order chi connectivity index (χ0) is 14.5. The van der Waals surface area contributed by atoms with E-state index in [0.717, 1.165) is 0 Å². The van der Waals surface area contributed by atoms with Gasteiger partial charge in [0.25, 0.3) is 0 Å². The number of likely N-dealkylation sites (tertiary alicyclic amines) is 1. The number of rotatable bonds is 3. The molecule has 5 heteroatoms. The summed E-state index contributed by atoms with van der Waals surface area (Å²) < 4.78 is 0. The van der Waals surface area contributed by atoms with Crippen LogP contribution < -0.4 is 5.32 Å². The summed E-state index contributed by atoms with van der Waals surface area (Å²) in [6.07, 6.45) is 1.37. The van der Waals surface area contributed by atoms with E-state index in [9.17, 15) is 14.7 Å². The highest BCUT2D eigenvalue weighted by molar-refractivity contribution is 5.93. The summed E-state index contributed by atoms with van der Waals surface area (Å²) in [5.74, 6) is -0.0408. The molecule has 1 aliphatic rings. The fourth-order valence-electron chi connectivity index (χ4n) is 2.47. The average molecular weight is 276 g/mol. The van der Waals surface area contributed by atoms with Crippen molar-refractivity contribution < 1.29 is 14.7 Å². The predicted molar refractivity (Wildman–Crippen MR) is 76.0 cm³/mol. The van der Waals surface area contributed by atoms with Gasteiger partial charge >= 0.3 is 0 Å². The van der Waals surface area contributed by atoms with Crippen molar-refractivity contribution in [3.63, 3.8) is 0 Å². The van der Waals surface area contributed by atoms with Crippen LogP contribution in [0.1, 0.15) is 25.3 Å². The van der Waals surface area contributed by atoms with Crippen molar-refractivity contribution in [3.8, 4) is 0 Å². The molecule has 1 heterocycles. The Hall–Kier alpha value is -1.88. The van der Waals surface area contributed by atoms with Gasteiger partial charge in [-0.1, -0.05) is 18.2 Å². The highest BCUT2D eigenvalue weighted by Gasteiger charge is 2.26. The van der Waals surface area contributed by atoms with E-state index in [4.69, 9.17) is 0 Å². The van der Waals surface area contributed by atoms with Crippen LogP contribution in [0.25, 0.3) is 0 Å². The summed E-state index contributed by atoms with van der Waals surface area (Å²) in [4.78, 5) is 25.2. The van der Waals surface area contributed by atoms with E-state index in [1.54, 1.807) is 24.0 Å². The molecule has 2 amide bonds. The largest absolute Gasteiger partial charge is 0.392 e. The summed E-state index contributed by atoms with van der Waals surface area (Å²) in [5, 5.41) is 12.1. The molecule has 0 spiro atoms. The second-order valence-electron chi connectivity index (χ2n) is 5.08. The predicted octanol–water partition coefficient (Wildman–Crippen LogP) is 1.38. The van der Waals surface area contributed by atoms with Crippen LogP contribution in [0.5, 0.6) is 0 Å². The first kappa shape index (κ1) is 14.5. The molecule has 0 radical (unpaired) electrons. The molecule has 2 N–H and O–H groups in total. The van der Waals surface area contributed by atoms with Crippen molar-refractivity contribution in [1.29, 1.82) is 0 Å². The lowest BCUT2D eigenvalue weighted by Gasteiger charge is -2.30. The van der Waals surface area contributed by atoms with Crippen LogP contribution in [0.3, 0.4) is 0 Å². The lowest BCUT2D eigenvalue weighted by molar-refractivity contribution is -0.132. The van der Waals surface area contributed by atoms with Gasteiger partial charge in [-0.2, -0.15) is 0 Å². The number of hydrogen-bond acceptors (Lipinski definition) is 3. The van der Waals surface area contributed by atoms with Gasteiger partial charge in [0.2, 0.25) is 11.8 Å². The minimum absolute atomic E-state index is 0.0332. The number of carbonyl (C=O) groups excluding carboxylic acids is 2. The Bertz CT molecular complexity index is 494. The minimum Gasteiger partial charge on any atom is -0.392 e. The third-order valence-electron chi connectivity index (χ3n) is 3.76. The number of hydrogen-bond donors (Lipinski definition) is 2.